The molecule has 0 atom stereocenters. The first kappa shape index (κ1) is 25.1. The molecule has 0 unspecified atom stereocenters. The number of amides is 1. The second-order valence-electron chi connectivity index (χ2n) is 10.1. The lowest BCUT2D eigenvalue weighted by Gasteiger charge is -2.26. The number of carbonyl (C=O) groups excluding carboxylic acids is 1. The summed E-state index contributed by atoms with van der Waals surface area (Å²) < 4.78 is 0. The Kier molecular flexibility index (Phi) is 6.88. The number of anilines is 4. The molecule has 0 aliphatic carbocycles. The van der Waals surface area contributed by atoms with Crippen LogP contribution in [0.1, 0.15) is 54.6 Å². The Labute approximate surface area is 222 Å². The number of nitrogens with one attached hydrogen (secondary N) is 2. The molecule has 0 bridgehead atoms. The molecular weight excluding hydrogens is 476 g/mol. The number of benzene rings is 2. The summed E-state index contributed by atoms with van der Waals surface area (Å²) in [5.74, 6) is 0.992. The Balaban J connectivity index is 1.40. The van der Waals surface area contributed by atoms with Crippen molar-refractivity contribution in [1.29, 1.82) is 5.26 Å². The molecular formula is C29H30N8O. The van der Waals surface area contributed by atoms with Crippen LogP contribution in [-0.4, -0.2) is 38.9 Å². The molecule has 1 aliphatic heterocycles. The van der Waals surface area contributed by atoms with Crippen LogP contribution in [0.3, 0.4) is 0 Å². The van der Waals surface area contributed by atoms with Crippen molar-refractivity contribution in [2.45, 2.75) is 45.4 Å². The van der Waals surface area contributed by atoms with E-state index in [-0.39, 0.29) is 5.91 Å². The van der Waals surface area contributed by atoms with Gasteiger partial charge in [0.1, 0.15) is 17.4 Å². The summed E-state index contributed by atoms with van der Waals surface area (Å²) in [5.41, 5.74) is 4.29. The van der Waals surface area contributed by atoms with E-state index in [1.807, 2.05) is 51.1 Å². The van der Waals surface area contributed by atoms with Crippen LogP contribution >= 0.6 is 0 Å². The van der Waals surface area contributed by atoms with E-state index in [9.17, 15) is 10.1 Å². The fourth-order valence-corrected chi connectivity index (χ4v) is 4.46. The summed E-state index contributed by atoms with van der Waals surface area (Å²) >= 11 is 0. The van der Waals surface area contributed by atoms with E-state index in [4.69, 9.17) is 4.98 Å². The highest BCUT2D eigenvalue weighted by Crippen LogP contribution is 2.28. The van der Waals surface area contributed by atoms with Crippen molar-refractivity contribution < 1.29 is 4.79 Å². The number of nitrogens with zero attached hydrogens (tertiary/aromatic N) is 6. The van der Waals surface area contributed by atoms with Crippen molar-refractivity contribution in [3.63, 3.8) is 0 Å². The van der Waals surface area contributed by atoms with E-state index in [1.165, 1.54) is 12.7 Å². The lowest BCUT2D eigenvalue weighted by Crippen LogP contribution is -2.31. The van der Waals surface area contributed by atoms with Crippen molar-refractivity contribution >= 4 is 40.1 Å². The molecule has 0 saturated carbocycles. The number of rotatable bonds is 6. The second-order valence-corrected chi connectivity index (χ2v) is 10.1. The van der Waals surface area contributed by atoms with Crippen LogP contribution in [0, 0.1) is 18.3 Å². The Morgan fingerprint density at radius 3 is 2.66 bits per heavy atom. The SMILES string of the molecule is Cc1ccc(C(=O)Nc2cccc(C(C)(C)C#N)c2)cc1Nc1ncnc2cnc(N3CCCCC3)nc12. The van der Waals surface area contributed by atoms with E-state index in [1.54, 1.807) is 18.3 Å². The maximum atomic E-state index is 13.1. The molecule has 1 saturated heterocycles. The van der Waals surface area contributed by atoms with Crippen molar-refractivity contribution in [3.8, 4) is 6.07 Å². The van der Waals surface area contributed by atoms with Gasteiger partial charge in [-0.3, -0.25) is 4.79 Å². The summed E-state index contributed by atoms with van der Waals surface area (Å²) in [6.45, 7) is 7.55. The Bertz CT molecular complexity index is 1540. The molecule has 38 heavy (non-hydrogen) atoms. The first-order chi connectivity index (χ1) is 18.3. The van der Waals surface area contributed by atoms with E-state index < -0.39 is 5.41 Å². The van der Waals surface area contributed by atoms with Crippen molar-refractivity contribution in [2.75, 3.05) is 28.6 Å². The number of fused-ring (bicyclic) bond motifs is 1. The van der Waals surface area contributed by atoms with Gasteiger partial charge in [-0.1, -0.05) is 18.2 Å². The van der Waals surface area contributed by atoms with E-state index in [0.29, 0.717) is 34.1 Å². The molecule has 2 aromatic heterocycles. The van der Waals surface area contributed by atoms with Crippen molar-refractivity contribution in [3.05, 3.63) is 71.7 Å². The van der Waals surface area contributed by atoms with Gasteiger partial charge in [0, 0.05) is 30.0 Å². The van der Waals surface area contributed by atoms with Gasteiger partial charge in [-0.05, 0) is 75.4 Å². The van der Waals surface area contributed by atoms with Crippen LogP contribution in [-0.2, 0) is 5.41 Å². The molecule has 0 radical (unpaired) electrons. The first-order valence-corrected chi connectivity index (χ1v) is 12.8. The predicted molar refractivity (Wildman–Crippen MR) is 149 cm³/mol. The zero-order chi connectivity index (χ0) is 26.7. The summed E-state index contributed by atoms with van der Waals surface area (Å²) in [6.07, 6.45) is 6.71. The van der Waals surface area contributed by atoms with Gasteiger partial charge in [-0.25, -0.2) is 19.9 Å². The molecule has 9 heteroatoms. The van der Waals surface area contributed by atoms with Crippen LogP contribution in [0.5, 0.6) is 0 Å². The Hall–Kier alpha value is -4.58. The first-order valence-electron chi connectivity index (χ1n) is 12.8. The Morgan fingerprint density at radius 1 is 1.05 bits per heavy atom. The van der Waals surface area contributed by atoms with E-state index in [2.05, 4.69) is 36.6 Å². The maximum Gasteiger partial charge on any atom is 0.255 e. The largest absolute Gasteiger partial charge is 0.341 e. The minimum atomic E-state index is -0.653. The van der Waals surface area contributed by atoms with Gasteiger partial charge in [-0.15, -0.1) is 0 Å². The number of piperidine rings is 1. The third-order valence-electron chi connectivity index (χ3n) is 6.88. The topological polar surface area (TPSA) is 120 Å². The average Bonchev–Trinajstić information content (AvgIpc) is 2.94. The molecule has 9 nitrogen and oxygen atoms in total. The summed E-state index contributed by atoms with van der Waals surface area (Å²) in [5, 5.41) is 15.8. The molecule has 1 amide bonds. The van der Waals surface area contributed by atoms with Crippen LogP contribution in [0.25, 0.3) is 11.0 Å². The van der Waals surface area contributed by atoms with Crippen LogP contribution in [0.4, 0.5) is 23.1 Å². The molecule has 0 spiro atoms. The van der Waals surface area contributed by atoms with Crippen LogP contribution < -0.4 is 15.5 Å². The van der Waals surface area contributed by atoms with Gasteiger partial charge >= 0.3 is 0 Å². The number of nitriles is 1. The van der Waals surface area contributed by atoms with Gasteiger partial charge in [0.05, 0.1) is 17.7 Å². The minimum absolute atomic E-state index is 0.248. The Morgan fingerprint density at radius 2 is 1.87 bits per heavy atom. The summed E-state index contributed by atoms with van der Waals surface area (Å²) in [7, 11) is 0. The third-order valence-corrected chi connectivity index (χ3v) is 6.88. The van der Waals surface area contributed by atoms with Gasteiger partial charge in [-0.2, -0.15) is 5.26 Å². The number of hydrogen-bond acceptors (Lipinski definition) is 8. The molecule has 2 N–H and O–H groups in total. The van der Waals surface area contributed by atoms with E-state index >= 15 is 0 Å². The van der Waals surface area contributed by atoms with Crippen molar-refractivity contribution in [1.82, 2.24) is 19.9 Å². The molecule has 2 aromatic carbocycles. The zero-order valence-corrected chi connectivity index (χ0v) is 21.8. The number of hydrogen-bond donors (Lipinski definition) is 2. The van der Waals surface area contributed by atoms with Crippen molar-refractivity contribution in [2.24, 2.45) is 0 Å². The normalized spacial score (nSPS) is 13.7. The van der Waals surface area contributed by atoms with Crippen LogP contribution in [0.15, 0.2) is 55.0 Å². The van der Waals surface area contributed by atoms with Gasteiger partial charge < -0.3 is 15.5 Å². The highest BCUT2D eigenvalue weighted by atomic mass is 16.1. The quantitative estimate of drug-likeness (QED) is 0.351. The summed E-state index contributed by atoms with van der Waals surface area (Å²) in [4.78, 5) is 33.4. The standard InChI is InChI=1S/C29H30N8O/c1-19-10-11-20(27(38)34-22-9-7-8-21(15-22)29(2,3)17-30)14-23(19)35-26-25-24(32-18-33-26)16-31-28(36-25)37-12-5-4-6-13-37/h7-11,14-16,18H,4-6,12-13H2,1-3H3,(H,34,38)(H,32,33,35). The number of aromatic nitrogens is 4. The fraction of sp³-hybridized carbons (Fsp3) is 0.310. The average molecular weight is 507 g/mol. The lowest BCUT2D eigenvalue weighted by molar-refractivity contribution is 0.102. The smallest absolute Gasteiger partial charge is 0.255 e. The van der Waals surface area contributed by atoms with Gasteiger partial charge in [0.25, 0.3) is 5.91 Å². The number of aryl methyl sites for hydroxylation is 1. The van der Waals surface area contributed by atoms with Gasteiger partial charge in [0.15, 0.2) is 5.82 Å². The highest BCUT2D eigenvalue weighted by molar-refractivity contribution is 6.05. The molecule has 4 aromatic rings. The van der Waals surface area contributed by atoms with Crippen LogP contribution in [0.2, 0.25) is 0 Å². The molecule has 3 heterocycles. The molecule has 5 rings (SSSR count). The van der Waals surface area contributed by atoms with Gasteiger partial charge in [0.2, 0.25) is 5.95 Å². The summed E-state index contributed by atoms with van der Waals surface area (Å²) in [6, 6.07) is 15.2. The highest BCUT2D eigenvalue weighted by Gasteiger charge is 2.20. The molecule has 1 fully saturated rings. The predicted octanol–water partition coefficient (Wildman–Crippen LogP) is 5.52. The lowest BCUT2D eigenvalue weighted by atomic mass is 9.86. The van der Waals surface area contributed by atoms with E-state index in [0.717, 1.165) is 42.7 Å². The second kappa shape index (κ2) is 10.4. The third kappa shape index (κ3) is 5.25. The molecule has 192 valence electrons. The zero-order valence-electron chi connectivity index (χ0n) is 21.8. The minimum Gasteiger partial charge on any atom is -0.341 e. The number of carbonyl (C=O) groups is 1. The molecule has 1 aliphatic rings. The fourth-order valence-electron chi connectivity index (χ4n) is 4.46. The maximum absolute atomic E-state index is 13.1. The monoisotopic (exact) mass is 506 g/mol.